The predicted molar refractivity (Wildman–Crippen MR) is 88.4 cm³/mol. The number of piperidine rings is 1. The summed E-state index contributed by atoms with van der Waals surface area (Å²) in [6.45, 7) is 11.4. The van der Waals surface area contributed by atoms with E-state index >= 15 is 0 Å². The topological polar surface area (TPSA) is 52.7 Å². The fraction of sp³-hybridized carbons (Fsp3) is 1.00. The number of rotatable bonds is 8. The summed E-state index contributed by atoms with van der Waals surface area (Å²) in [7, 11) is -1.57. The molecule has 5 nitrogen and oxygen atoms in total. The summed E-state index contributed by atoms with van der Waals surface area (Å²) in [5, 5.41) is 3.45. The van der Waals surface area contributed by atoms with Crippen LogP contribution in [0.4, 0.5) is 0 Å². The fourth-order valence-electron chi connectivity index (χ4n) is 2.61. The Morgan fingerprint density at radius 3 is 2.29 bits per heavy atom. The zero-order chi connectivity index (χ0) is 16.0. The Bertz CT molecular complexity index is 390. The Morgan fingerprint density at radius 2 is 1.81 bits per heavy atom. The second kappa shape index (κ2) is 8.46. The van der Waals surface area contributed by atoms with Gasteiger partial charge in [0, 0.05) is 32.7 Å². The van der Waals surface area contributed by atoms with E-state index in [1.165, 1.54) is 4.31 Å². The third kappa shape index (κ3) is 5.85. The molecule has 0 aromatic heterocycles. The molecule has 1 heterocycles. The highest BCUT2D eigenvalue weighted by Crippen LogP contribution is 2.21. The zero-order valence-corrected chi connectivity index (χ0v) is 15.1. The van der Waals surface area contributed by atoms with E-state index in [0.29, 0.717) is 37.5 Å². The van der Waals surface area contributed by atoms with Crippen molar-refractivity contribution in [1.29, 1.82) is 0 Å². The van der Waals surface area contributed by atoms with Crippen LogP contribution in [-0.4, -0.2) is 56.3 Å². The van der Waals surface area contributed by atoms with Crippen LogP contribution < -0.4 is 5.32 Å². The van der Waals surface area contributed by atoms with Crippen molar-refractivity contribution in [1.82, 2.24) is 13.9 Å². The van der Waals surface area contributed by atoms with Crippen LogP contribution in [0.5, 0.6) is 0 Å². The van der Waals surface area contributed by atoms with Gasteiger partial charge in [-0.2, -0.15) is 17.0 Å². The van der Waals surface area contributed by atoms with Gasteiger partial charge in [0.2, 0.25) is 0 Å². The van der Waals surface area contributed by atoms with Crippen molar-refractivity contribution in [3.8, 4) is 0 Å². The van der Waals surface area contributed by atoms with Crippen LogP contribution >= 0.6 is 0 Å². The molecule has 21 heavy (non-hydrogen) atoms. The van der Waals surface area contributed by atoms with Gasteiger partial charge >= 0.3 is 0 Å². The van der Waals surface area contributed by atoms with Gasteiger partial charge in [-0.05, 0) is 31.2 Å². The molecule has 0 aliphatic carbocycles. The Morgan fingerprint density at radius 1 is 1.24 bits per heavy atom. The monoisotopic (exact) mass is 319 g/mol. The van der Waals surface area contributed by atoms with E-state index in [1.807, 2.05) is 0 Å². The lowest BCUT2D eigenvalue weighted by atomic mass is 9.98. The number of nitrogens with one attached hydrogen (secondary N) is 1. The molecule has 1 unspecified atom stereocenters. The van der Waals surface area contributed by atoms with Crippen molar-refractivity contribution in [3.05, 3.63) is 0 Å². The maximum Gasteiger partial charge on any atom is 0.281 e. The first-order valence-corrected chi connectivity index (χ1v) is 9.61. The lowest BCUT2D eigenvalue weighted by Gasteiger charge is -2.34. The van der Waals surface area contributed by atoms with E-state index in [4.69, 9.17) is 0 Å². The number of hydrogen-bond acceptors (Lipinski definition) is 3. The molecule has 1 fully saturated rings. The molecule has 0 spiro atoms. The van der Waals surface area contributed by atoms with E-state index in [0.717, 1.165) is 25.8 Å². The van der Waals surface area contributed by atoms with Crippen molar-refractivity contribution < 1.29 is 8.42 Å². The van der Waals surface area contributed by atoms with E-state index in [2.05, 4.69) is 33.0 Å². The van der Waals surface area contributed by atoms with Gasteiger partial charge in [0.05, 0.1) is 0 Å². The lowest BCUT2D eigenvalue weighted by Crippen LogP contribution is -2.47. The summed E-state index contributed by atoms with van der Waals surface area (Å²) in [5.41, 5.74) is 0. The molecule has 0 radical (unpaired) electrons. The third-order valence-corrected chi connectivity index (χ3v) is 6.33. The molecule has 1 saturated heterocycles. The molecule has 1 N–H and O–H groups in total. The van der Waals surface area contributed by atoms with Crippen LogP contribution in [0.2, 0.25) is 0 Å². The highest BCUT2D eigenvalue weighted by atomic mass is 32.2. The van der Waals surface area contributed by atoms with Gasteiger partial charge in [-0.3, -0.25) is 0 Å². The maximum absolute atomic E-state index is 12.5. The first-order chi connectivity index (χ1) is 9.77. The van der Waals surface area contributed by atoms with Gasteiger partial charge in [0.15, 0.2) is 0 Å². The molecule has 1 atom stereocenters. The Labute approximate surface area is 131 Å². The highest BCUT2D eigenvalue weighted by molar-refractivity contribution is 7.86. The van der Waals surface area contributed by atoms with Crippen LogP contribution in [0.3, 0.4) is 0 Å². The second-order valence-electron chi connectivity index (χ2n) is 6.71. The standard InChI is InChI=1S/C15H33N3O2S/c1-6-14(4)12-17(5)21(19,20)18-9-7-15(8-10-18)11-16-13(2)3/h13-16H,6-12H2,1-5H3. The van der Waals surface area contributed by atoms with E-state index in [9.17, 15) is 8.42 Å². The smallest absolute Gasteiger partial charge is 0.281 e. The van der Waals surface area contributed by atoms with Gasteiger partial charge in [-0.15, -0.1) is 0 Å². The van der Waals surface area contributed by atoms with Crippen LogP contribution in [0, 0.1) is 11.8 Å². The molecule has 1 aliphatic rings. The molecule has 6 heteroatoms. The summed E-state index contributed by atoms with van der Waals surface area (Å²) in [6.07, 6.45) is 2.91. The summed E-state index contributed by atoms with van der Waals surface area (Å²) < 4.78 is 28.3. The number of nitrogens with zero attached hydrogens (tertiary/aromatic N) is 2. The van der Waals surface area contributed by atoms with Gasteiger partial charge in [0.1, 0.15) is 0 Å². The maximum atomic E-state index is 12.5. The van der Waals surface area contributed by atoms with Gasteiger partial charge < -0.3 is 5.32 Å². The van der Waals surface area contributed by atoms with Crippen LogP contribution in [0.25, 0.3) is 0 Å². The molecular formula is C15H33N3O2S. The van der Waals surface area contributed by atoms with Crippen molar-refractivity contribution in [2.75, 3.05) is 33.2 Å². The molecule has 126 valence electrons. The molecule has 0 amide bonds. The minimum Gasteiger partial charge on any atom is -0.314 e. The minimum absolute atomic E-state index is 0.401. The van der Waals surface area contributed by atoms with Crippen LogP contribution in [0.15, 0.2) is 0 Å². The molecule has 0 saturated carbocycles. The van der Waals surface area contributed by atoms with Gasteiger partial charge in [-0.1, -0.05) is 34.1 Å². The lowest BCUT2D eigenvalue weighted by molar-refractivity contribution is 0.247. The Hall–Kier alpha value is -0.170. The third-order valence-electron chi connectivity index (χ3n) is 4.37. The Balaban J connectivity index is 2.48. The molecule has 1 aliphatic heterocycles. The van der Waals surface area contributed by atoms with Gasteiger partial charge in [0.25, 0.3) is 10.2 Å². The predicted octanol–water partition coefficient (Wildman–Crippen LogP) is 1.92. The SMILES string of the molecule is CCC(C)CN(C)S(=O)(=O)N1CCC(CNC(C)C)CC1. The average molecular weight is 320 g/mol. The molecule has 0 aromatic rings. The average Bonchev–Trinajstić information content (AvgIpc) is 2.45. The summed E-state index contributed by atoms with van der Waals surface area (Å²) >= 11 is 0. The first-order valence-electron chi connectivity index (χ1n) is 8.22. The van der Waals surface area contributed by atoms with E-state index in [-0.39, 0.29) is 0 Å². The summed E-state index contributed by atoms with van der Waals surface area (Å²) in [4.78, 5) is 0. The number of hydrogen-bond donors (Lipinski definition) is 1. The van der Waals surface area contributed by atoms with Crippen LogP contribution in [-0.2, 0) is 10.2 Å². The van der Waals surface area contributed by atoms with Crippen LogP contribution in [0.1, 0.15) is 47.0 Å². The van der Waals surface area contributed by atoms with Crippen molar-refractivity contribution in [2.24, 2.45) is 11.8 Å². The first kappa shape index (κ1) is 18.9. The quantitative estimate of drug-likeness (QED) is 0.743. The van der Waals surface area contributed by atoms with Crippen molar-refractivity contribution in [2.45, 2.75) is 53.0 Å². The summed E-state index contributed by atoms with van der Waals surface area (Å²) in [6, 6.07) is 0.494. The molecule has 0 aromatic carbocycles. The zero-order valence-electron chi connectivity index (χ0n) is 14.3. The van der Waals surface area contributed by atoms with E-state index < -0.39 is 10.2 Å². The second-order valence-corrected chi connectivity index (χ2v) is 8.74. The largest absolute Gasteiger partial charge is 0.314 e. The Kier molecular flexibility index (Phi) is 7.60. The van der Waals surface area contributed by atoms with Crippen molar-refractivity contribution >= 4 is 10.2 Å². The highest BCUT2D eigenvalue weighted by Gasteiger charge is 2.31. The minimum atomic E-state index is -3.28. The normalized spacial score (nSPS) is 20.3. The fourth-order valence-corrected chi connectivity index (χ4v) is 4.12. The molecule has 1 rings (SSSR count). The molecule has 0 bridgehead atoms. The van der Waals surface area contributed by atoms with Gasteiger partial charge in [-0.25, -0.2) is 0 Å². The molecular weight excluding hydrogens is 286 g/mol. The van der Waals surface area contributed by atoms with Crippen molar-refractivity contribution in [3.63, 3.8) is 0 Å². The van der Waals surface area contributed by atoms with E-state index in [1.54, 1.807) is 11.4 Å². The summed E-state index contributed by atoms with van der Waals surface area (Å²) in [5.74, 6) is 0.997.